The van der Waals surface area contributed by atoms with E-state index >= 15 is 0 Å². The summed E-state index contributed by atoms with van der Waals surface area (Å²) in [5, 5.41) is 8.35. The molecule has 23 heavy (non-hydrogen) atoms. The van der Waals surface area contributed by atoms with Crippen molar-refractivity contribution >= 4 is 23.2 Å². The molecule has 0 spiro atoms. The maximum atomic E-state index is 11.8. The highest BCUT2D eigenvalue weighted by Crippen LogP contribution is 2.09. The van der Waals surface area contributed by atoms with Crippen molar-refractivity contribution in [3.63, 3.8) is 0 Å². The monoisotopic (exact) mass is 338 g/mol. The molecule has 6 heteroatoms. The molecule has 0 bridgehead atoms. The van der Waals surface area contributed by atoms with E-state index < -0.39 is 0 Å². The van der Waals surface area contributed by atoms with Crippen LogP contribution in [0.3, 0.4) is 0 Å². The number of guanidine groups is 1. The van der Waals surface area contributed by atoms with Gasteiger partial charge in [0.1, 0.15) is 0 Å². The number of nitrogens with one attached hydrogen (secondary N) is 2. The van der Waals surface area contributed by atoms with Gasteiger partial charge in [-0.1, -0.05) is 13.0 Å². The molecule has 0 radical (unpaired) electrons. The van der Waals surface area contributed by atoms with Crippen LogP contribution in [0.4, 0.5) is 0 Å². The van der Waals surface area contributed by atoms with Crippen LogP contribution in [-0.4, -0.2) is 49.5 Å². The molecular weight excluding hydrogens is 308 g/mol. The van der Waals surface area contributed by atoms with Gasteiger partial charge in [0.05, 0.1) is 6.54 Å². The summed E-state index contributed by atoms with van der Waals surface area (Å²) in [6.07, 6.45) is 2.38. The molecule has 1 aromatic rings. The first-order valence-corrected chi connectivity index (χ1v) is 9.25. The van der Waals surface area contributed by atoms with E-state index in [4.69, 9.17) is 0 Å². The van der Waals surface area contributed by atoms with Crippen LogP contribution >= 0.6 is 11.3 Å². The topological polar surface area (TPSA) is 56.7 Å². The standard InChI is InChI=1S/C17H30N4OS/c1-5-14(3)20-16(22)9-11-19-17(18-6-2)21(4)12-10-15-8-7-13-23-15/h7-8,13-14H,5-6,9-12H2,1-4H3,(H,18,19)(H,20,22). The number of aliphatic imine (C=N–C) groups is 1. The van der Waals surface area contributed by atoms with E-state index in [1.807, 2.05) is 14.0 Å². The summed E-state index contributed by atoms with van der Waals surface area (Å²) in [5.74, 6) is 0.931. The molecule has 0 aliphatic carbocycles. The van der Waals surface area contributed by atoms with Crippen LogP contribution in [0.1, 0.15) is 38.5 Å². The zero-order valence-electron chi connectivity index (χ0n) is 14.8. The number of rotatable bonds is 9. The average Bonchev–Trinajstić information content (AvgIpc) is 3.05. The number of carbonyl (C=O) groups is 1. The molecule has 0 saturated heterocycles. The van der Waals surface area contributed by atoms with Crippen LogP contribution in [0.5, 0.6) is 0 Å². The summed E-state index contributed by atoms with van der Waals surface area (Å²) < 4.78 is 0. The quantitative estimate of drug-likeness (QED) is 0.537. The summed E-state index contributed by atoms with van der Waals surface area (Å²) in [4.78, 5) is 19.8. The minimum atomic E-state index is 0.0696. The molecule has 1 amide bonds. The van der Waals surface area contributed by atoms with Gasteiger partial charge < -0.3 is 15.5 Å². The lowest BCUT2D eigenvalue weighted by atomic mass is 10.2. The lowest BCUT2D eigenvalue weighted by molar-refractivity contribution is -0.121. The van der Waals surface area contributed by atoms with Crippen molar-refractivity contribution in [1.29, 1.82) is 0 Å². The number of thiophene rings is 1. The van der Waals surface area contributed by atoms with Gasteiger partial charge in [0.15, 0.2) is 5.96 Å². The van der Waals surface area contributed by atoms with Crippen molar-refractivity contribution < 1.29 is 4.79 Å². The van der Waals surface area contributed by atoms with E-state index in [2.05, 4.69) is 51.9 Å². The average molecular weight is 339 g/mol. The predicted molar refractivity (Wildman–Crippen MR) is 99.1 cm³/mol. The van der Waals surface area contributed by atoms with Gasteiger partial charge >= 0.3 is 0 Å². The van der Waals surface area contributed by atoms with Gasteiger partial charge in [-0.25, -0.2) is 0 Å². The maximum Gasteiger partial charge on any atom is 0.222 e. The Kier molecular flexibility index (Phi) is 9.36. The van der Waals surface area contributed by atoms with E-state index in [9.17, 15) is 4.79 Å². The van der Waals surface area contributed by atoms with Gasteiger partial charge in [-0.3, -0.25) is 9.79 Å². The third kappa shape index (κ3) is 8.02. The molecule has 1 rings (SSSR count). The van der Waals surface area contributed by atoms with Crippen molar-refractivity contribution in [2.24, 2.45) is 4.99 Å². The second-order valence-electron chi connectivity index (χ2n) is 5.61. The molecular formula is C17H30N4OS. The molecule has 0 fully saturated rings. The summed E-state index contributed by atoms with van der Waals surface area (Å²) in [6, 6.07) is 4.46. The zero-order valence-corrected chi connectivity index (χ0v) is 15.6. The lowest BCUT2D eigenvalue weighted by Crippen LogP contribution is -2.40. The third-order valence-electron chi connectivity index (χ3n) is 3.59. The molecule has 130 valence electrons. The number of nitrogens with zero attached hydrogens (tertiary/aromatic N) is 2. The van der Waals surface area contributed by atoms with E-state index in [1.165, 1.54) is 4.88 Å². The Labute approximate surface area is 144 Å². The van der Waals surface area contributed by atoms with E-state index in [0.717, 1.165) is 31.9 Å². The molecule has 1 aromatic heterocycles. The Morgan fingerprint density at radius 2 is 2.22 bits per heavy atom. The minimum absolute atomic E-state index is 0.0696. The van der Waals surface area contributed by atoms with Gasteiger partial charge in [0.25, 0.3) is 0 Å². The fraction of sp³-hybridized carbons (Fsp3) is 0.647. The molecule has 1 atom stereocenters. The molecule has 5 nitrogen and oxygen atoms in total. The van der Waals surface area contributed by atoms with E-state index in [-0.39, 0.29) is 11.9 Å². The van der Waals surface area contributed by atoms with Crippen LogP contribution in [0.15, 0.2) is 22.5 Å². The molecule has 0 aliphatic rings. The van der Waals surface area contributed by atoms with Crippen molar-refractivity contribution in [3.8, 4) is 0 Å². The summed E-state index contributed by atoms with van der Waals surface area (Å²) in [6.45, 7) is 8.37. The van der Waals surface area contributed by atoms with Crippen molar-refractivity contribution in [3.05, 3.63) is 22.4 Å². The number of hydrogen-bond acceptors (Lipinski definition) is 3. The first-order valence-electron chi connectivity index (χ1n) is 8.38. The minimum Gasteiger partial charge on any atom is -0.357 e. The molecule has 0 aliphatic heterocycles. The van der Waals surface area contributed by atoms with Crippen LogP contribution in [0.25, 0.3) is 0 Å². The van der Waals surface area contributed by atoms with Crippen LogP contribution in [-0.2, 0) is 11.2 Å². The summed E-state index contributed by atoms with van der Waals surface area (Å²) >= 11 is 1.78. The van der Waals surface area contributed by atoms with Crippen molar-refractivity contribution in [2.75, 3.05) is 26.7 Å². The first-order chi connectivity index (χ1) is 11.1. The Hall–Kier alpha value is -1.56. The van der Waals surface area contributed by atoms with Crippen LogP contribution in [0, 0.1) is 0 Å². The van der Waals surface area contributed by atoms with Gasteiger partial charge in [0, 0.05) is 37.5 Å². The SMILES string of the molecule is CCNC(=NCCC(=O)NC(C)CC)N(C)CCc1cccs1. The van der Waals surface area contributed by atoms with Gasteiger partial charge in [0.2, 0.25) is 5.91 Å². The number of carbonyl (C=O) groups excluding carboxylic acids is 1. The van der Waals surface area contributed by atoms with Gasteiger partial charge in [-0.2, -0.15) is 0 Å². The predicted octanol–water partition coefficient (Wildman–Crippen LogP) is 2.49. The van der Waals surface area contributed by atoms with E-state index in [0.29, 0.717) is 13.0 Å². The fourth-order valence-corrected chi connectivity index (χ4v) is 2.72. The lowest BCUT2D eigenvalue weighted by Gasteiger charge is -2.21. The molecule has 2 N–H and O–H groups in total. The van der Waals surface area contributed by atoms with Crippen LogP contribution < -0.4 is 10.6 Å². The Morgan fingerprint density at radius 1 is 1.43 bits per heavy atom. The number of amides is 1. The maximum absolute atomic E-state index is 11.8. The number of likely N-dealkylation sites (N-methyl/N-ethyl adjacent to an activating group) is 1. The van der Waals surface area contributed by atoms with Crippen molar-refractivity contribution in [1.82, 2.24) is 15.5 Å². The fourth-order valence-electron chi connectivity index (χ4n) is 2.02. The summed E-state index contributed by atoms with van der Waals surface area (Å²) in [7, 11) is 2.04. The second-order valence-corrected chi connectivity index (χ2v) is 6.65. The third-order valence-corrected chi connectivity index (χ3v) is 4.53. The Bertz CT molecular complexity index is 473. The summed E-state index contributed by atoms with van der Waals surface area (Å²) in [5.41, 5.74) is 0. The Balaban J connectivity index is 2.43. The Morgan fingerprint density at radius 3 is 2.83 bits per heavy atom. The molecule has 1 unspecified atom stereocenters. The highest BCUT2D eigenvalue weighted by Gasteiger charge is 2.08. The van der Waals surface area contributed by atoms with Gasteiger partial charge in [-0.05, 0) is 38.1 Å². The second kappa shape index (κ2) is 11.0. The van der Waals surface area contributed by atoms with Crippen molar-refractivity contribution in [2.45, 2.75) is 46.1 Å². The largest absolute Gasteiger partial charge is 0.357 e. The first kappa shape index (κ1) is 19.5. The molecule has 0 saturated carbocycles. The van der Waals surface area contributed by atoms with Crippen LogP contribution in [0.2, 0.25) is 0 Å². The molecule has 0 aromatic carbocycles. The highest BCUT2D eigenvalue weighted by atomic mass is 32.1. The zero-order chi connectivity index (χ0) is 17.1. The highest BCUT2D eigenvalue weighted by molar-refractivity contribution is 7.09. The van der Waals surface area contributed by atoms with Gasteiger partial charge in [-0.15, -0.1) is 11.3 Å². The normalized spacial score (nSPS) is 12.8. The number of hydrogen-bond donors (Lipinski definition) is 2. The molecule has 1 heterocycles. The smallest absolute Gasteiger partial charge is 0.222 e. The van der Waals surface area contributed by atoms with E-state index in [1.54, 1.807) is 11.3 Å².